The van der Waals surface area contributed by atoms with Gasteiger partial charge in [-0.25, -0.2) is 9.59 Å². The van der Waals surface area contributed by atoms with Crippen molar-refractivity contribution in [1.29, 1.82) is 0 Å². The molecule has 1 aromatic rings. The summed E-state index contributed by atoms with van der Waals surface area (Å²) in [6.45, 7) is 19.4. The second-order valence-electron chi connectivity index (χ2n) is 8.29. The summed E-state index contributed by atoms with van der Waals surface area (Å²) in [5.74, 6) is -0.978. The van der Waals surface area contributed by atoms with Crippen molar-refractivity contribution in [3.63, 3.8) is 0 Å². The lowest BCUT2D eigenvalue weighted by molar-refractivity contribution is -0.164. The molecule has 2 heterocycles. The van der Waals surface area contributed by atoms with Crippen molar-refractivity contribution in [3.05, 3.63) is 53.3 Å². The van der Waals surface area contributed by atoms with Crippen LogP contribution in [-0.4, -0.2) is 55.4 Å². The van der Waals surface area contributed by atoms with Gasteiger partial charge in [-0.2, -0.15) is 0 Å². The van der Waals surface area contributed by atoms with Crippen molar-refractivity contribution in [1.82, 2.24) is 4.90 Å². The second kappa shape index (κ2) is 15.1. The summed E-state index contributed by atoms with van der Waals surface area (Å²) >= 11 is 0. The number of ether oxygens (including phenoxy) is 4. The smallest absolute Gasteiger partial charge is 0.489 e. The Balaban J connectivity index is 0.00000163. The van der Waals surface area contributed by atoms with Crippen molar-refractivity contribution in [2.75, 3.05) is 20.3 Å². The number of amides is 1. The van der Waals surface area contributed by atoms with E-state index in [9.17, 15) is 14.4 Å². The molecule has 1 saturated heterocycles. The first-order valence-corrected chi connectivity index (χ1v) is 13.1. The van der Waals surface area contributed by atoms with E-state index in [1.54, 1.807) is 6.92 Å². The molecule has 206 valence electrons. The molecule has 1 amide bonds. The maximum absolute atomic E-state index is 13.0. The largest absolute Gasteiger partial charge is 0.508 e. The third-order valence-electron chi connectivity index (χ3n) is 6.31. The average Bonchev–Trinajstić information content (AvgIpc) is 3.16. The van der Waals surface area contributed by atoms with Gasteiger partial charge in [0.05, 0.1) is 19.1 Å². The van der Waals surface area contributed by atoms with Crippen LogP contribution in [-0.2, 0) is 30.2 Å². The highest BCUT2D eigenvalue weighted by Crippen LogP contribution is 2.48. The van der Waals surface area contributed by atoms with Crippen LogP contribution < -0.4 is 4.74 Å². The number of carbonyl (C=O) groups is 3. The number of carbonyl (C=O) groups excluding carboxylic acids is 3. The summed E-state index contributed by atoms with van der Waals surface area (Å²) in [5.41, 5.74) is 3.07. The fourth-order valence-corrected chi connectivity index (χ4v) is 4.54. The molecular weight excluding hydrogens is 474 g/mol. The quantitative estimate of drug-likeness (QED) is 0.238. The highest BCUT2D eigenvalue weighted by atomic mass is 16.7. The molecular formula is C29H43NO7. The van der Waals surface area contributed by atoms with Crippen molar-refractivity contribution < 1.29 is 33.3 Å². The lowest BCUT2D eigenvalue weighted by atomic mass is 9.77. The number of β-lactam (4-membered cyclic amide) rings is 1. The van der Waals surface area contributed by atoms with Crippen LogP contribution in [0, 0.1) is 18.8 Å². The molecule has 1 fully saturated rings. The lowest BCUT2D eigenvalue weighted by Crippen LogP contribution is -2.64. The van der Waals surface area contributed by atoms with E-state index in [1.807, 2.05) is 53.7 Å². The van der Waals surface area contributed by atoms with E-state index in [1.165, 1.54) is 23.6 Å². The monoisotopic (exact) mass is 517 g/mol. The first kappa shape index (κ1) is 31.7. The van der Waals surface area contributed by atoms with E-state index in [0.717, 1.165) is 12.0 Å². The third-order valence-corrected chi connectivity index (χ3v) is 6.31. The highest BCUT2D eigenvalue weighted by Gasteiger charge is 2.61. The van der Waals surface area contributed by atoms with E-state index in [0.29, 0.717) is 11.3 Å². The van der Waals surface area contributed by atoms with Crippen molar-refractivity contribution in [2.45, 2.75) is 74.0 Å². The summed E-state index contributed by atoms with van der Waals surface area (Å²) in [7, 11) is 1.21. The van der Waals surface area contributed by atoms with Gasteiger partial charge < -0.3 is 23.8 Å². The van der Waals surface area contributed by atoms with Crippen LogP contribution in [0.3, 0.4) is 0 Å². The number of nitrogens with zero attached hydrogens (tertiary/aromatic N) is 1. The average molecular weight is 518 g/mol. The zero-order chi connectivity index (χ0) is 28.3. The number of aryl methyl sites for hydroxylation is 2. The molecule has 0 radical (unpaired) electrons. The Hall–Kier alpha value is -3.29. The fraction of sp³-hybridized carbons (Fsp3) is 0.552. The molecule has 3 unspecified atom stereocenters. The first-order chi connectivity index (χ1) is 17.7. The molecule has 0 N–H and O–H groups in total. The summed E-state index contributed by atoms with van der Waals surface area (Å²) in [4.78, 5) is 38.9. The van der Waals surface area contributed by atoms with Crippen LogP contribution in [0.4, 0.5) is 4.79 Å². The number of hydrogen-bond acceptors (Lipinski definition) is 7. The Kier molecular flexibility index (Phi) is 12.9. The molecule has 0 bridgehead atoms. The van der Waals surface area contributed by atoms with Gasteiger partial charge in [-0.05, 0) is 37.5 Å². The molecule has 4 atom stereocenters. The number of esters is 1. The standard InChI is InChI=1S/C25H31NO7.2C2H6/c1-7-11-31-24(28)22-18(13-32-19-10-9-17(8-2)12-14(19)3)15(4)21-20(23(27)26(21)22)16(5)33-25(29)30-6;2*1-2/h7,9-10,12,15-16,20-21H,1,8,11,13H2,2-6H3;2*1-2H3/t15?,16?,20?,21-;;/m1../s1. The van der Waals surface area contributed by atoms with Gasteiger partial charge in [0.1, 0.15) is 30.8 Å². The molecule has 8 heteroatoms. The van der Waals surface area contributed by atoms with Gasteiger partial charge in [-0.15, -0.1) is 0 Å². The van der Waals surface area contributed by atoms with Crippen LogP contribution in [0.15, 0.2) is 42.1 Å². The minimum absolute atomic E-state index is 0.0282. The van der Waals surface area contributed by atoms with Gasteiger partial charge >= 0.3 is 12.1 Å². The van der Waals surface area contributed by atoms with Crippen LogP contribution in [0.2, 0.25) is 0 Å². The number of benzene rings is 1. The zero-order valence-corrected chi connectivity index (χ0v) is 23.8. The third kappa shape index (κ3) is 6.93. The van der Waals surface area contributed by atoms with Gasteiger partial charge in [0.2, 0.25) is 5.91 Å². The Morgan fingerprint density at radius 1 is 1.19 bits per heavy atom. The van der Waals surface area contributed by atoms with Gasteiger partial charge in [0, 0.05) is 11.5 Å². The second-order valence-corrected chi connectivity index (χ2v) is 8.29. The molecule has 37 heavy (non-hydrogen) atoms. The molecule has 2 aliphatic rings. The molecule has 0 saturated carbocycles. The minimum Gasteiger partial charge on any atom is -0.489 e. The predicted octanol–water partition coefficient (Wildman–Crippen LogP) is 5.62. The van der Waals surface area contributed by atoms with E-state index in [-0.39, 0.29) is 36.8 Å². The topological polar surface area (TPSA) is 91.4 Å². The molecule has 2 aliphatic heterocycles. The number of hydrogen-bond donors (Lipinski definition) is 0. The van der Waals surface area contributed by atoms with E-state index >= 15 is 0 Å². The first-order valence-electron chi connectivity index (χ1n) is 13.1. The molecule has 1 aromatic carbocycles. The molecule has 8 nitrogen and oxygen atoms in total. The Bertz CT molecular complexity index is 984. The molecule has 3 rings (SSSR count). The lowest BCUT2D eigenvalue weighted by Gasteiger charge is -2.47. The van der Waals surface area contributed by atoms with Gasteiger partial charge in [0.25, 0.3) is 0 Å². The normalized spacial score (nSPS) is 20.2. The molecule has 0 aliphatic carbocycles. The highest BCUT2D eigenvalue weighted by molar-refractivity contribution is 6.01. The van der Waals surface area contributed by atoms with Gasteiger partial charge in [0.15, 0.2) is 0 Å². The Morgan fingerprint density at radius 3 is 2.38 bits per heavy atom. The minimum atomic E-state index is -0.854. The zero-order valence-electron chi connectivity index (χ0n) is 23.8. The van der Waals surface area contributed by atoms with Gasteiger partial charge in [-0.1, -0.05) is 66.3 Å². The maximum Gasteiger partial charge on any atom is 0.508 e. The number of fused-ring (bicyclic) bond motifs is 1. The van der Waals surface area contributed by atoms with Crippen LogP contribution in [0.5, 0.6) is 5.75 Å². The SMILES string of the molecule is C=CCOC(=O)C1=C(COc2ccc(CC)cc2C)C(C)[C@@H]2C(C(C)OC(=O)OC)C(=O)N12.CC.CC. The van der Waals surface area contributed by atoms with E-state index in [2.05, 4.69) is 24.3 Å². The van der Waals surface area contributed by atoms with Crippen molar-refractivity contribution >= 4 is 18.0 Å². The molecule has 0 spiro atoms. The summed E-state index contributed by atoms with van der Waals surface area (Å²) in [5, 5.41) is 0. The fourth-order valence-electron chi connectivity index (χ4n) is 4.54. The predicted molar refractivity (Wildman–Crippen MR) is 143 cm³/mol. The summed E-state index contributed by atoms with van der Waals surface area (Å²) < 4.78 is 21.1. The maximum atomic E-state index is 13.0. The van der Waals surface area contributed by atoms with Crippen molar-refractivity contribution in [3.8, 4) is 5.75 Å². The Labute approximate surface area is 221 Å². The van der Waals surface area contributed by atoms with Crippen LogP contribution >= 0.6 is 0 Å². The molecule has 0 aromatic heterocycles. The Morgan fingerprint density at radius 2 is 1.84 bits per heavy atom. The number of rotatable bonds is 9. The number of methoxy groups -OCH3 is 1. The summed E-state index contributed by atoms with van der Waals surface area (Å²) in [6, 6.07) is 5.65. The summed E-state index contributed by atoms with van der Waals surface area (Å²) in [6.07, 6.45) is 0.834. The van der Waals surface area contributed by atoms with Crippen LogP contribution in [0.25, 0.3) is 0 Å². The van der Waals surface area contributed by atoms with Crippen LogP contribution in [0.1, 0.15) is 59.6 Å². The van der Waals surface area contributed by atoms with E-state index in [4.69, 9.17) is 14.2 Å². The van der Waals surface area contributed by atoms with Crippen molar-refractivity contribution in [2.24, 2.45) is 11.8 Å². The van der Waals surface area contributed by atoms with E-state index < -0.39 is 24.1 Å². The van der Waals surface area contributed by atoms with Gasteiger partial charge in [-0.3, -0.25) is 4.79 Å².